The van der Waals surface area contributed by atoms with E-state index in [9.17, 15) is 9.18 Å². The van der Waals surface area contributed by atoms with Gasteiger partial charge in [-0.15, -0.1) is 0 Å². The van der Waals surface area contributed by atoms with Gasteiger partial charge in [-0.2, -0.15) is 0 Å². The molecule has 22 heavy (non-hydrogen) atoms. The number of halogens is 3. The molecule has 3 N–H and O–H groups in total. The van der Waals surface area contributed by atoms with Gasteiger partial charge in [0.1, 0.15) is 11.1 Å². The molecule has 1 amide bonds. The summed E-state index contributed by atoms with van der Waals surface area (Å²) >= 11 is 11.9. The van der Waals surface area contributed by atoms with Gasteiger partial charge < -0.3 is 20.7 Å². The van der Waals surface area contributed by atoms with Gasteiger partial charge in [-0.1, -0.05) is 23.2 Å². The van der Waals surface area contributed by atoms with Gasteiger partial charge in [0.2, 0.25) is 11.8 Å². The summed E-state index contributed by atoms with van der Waals surface area (Å²) in [5, 5.41) is 2.63. The molecule has 0 saturated carbocycles. The summed E-state index contributed by atoms with van der Waals surface area (Å²) < 4.78 is 19.3. The fourth-order valence-corrected chi connectivity index (χ4v) is 2.53. The number of carbonyl (C=O) groups is 1. The van der Waals surface area contributed by atoms with E-state index in [0.29, 0.717) is 0 Å². The topological polar surface area (TPSA) is 67.6 Å². The lowest BCUT2D eigenvalue weighted by atomic mass is 10.2. The summed E-state index contributed by atoms with van der Waals surface area (Å²) in [6.07, 6.45) is 1.49. The number of amides is 1. The lowest BCUT2D eigenvalue weighted by molar-refractivity contribution is -0.133. The van der Waals surface area contributed by atoms with Crippen molar-refractivity contribution in [1.82, 2.24) is 10.2 Å². The number of benzene rings is 1. The van der Waals surface area contributed by atoms with Gasteiger partial charge in [0.05, 0.1) is 16.9 Å². The first-order valence-electron chi connectivity index (χ1n) is 6.63. The zero-order valence-electron chi connectivity index (χ0n) is 12.3. The standard InChI is InChI=1S/C14H16Cl2FN3O2/c1-6(2)20-5-10(19-7(3)14(20)21)22-13-8(15)4-9(18)12(17)11(13)16/h4-7,19H,18H2,1-3H3. The molecule has 0 radical (unpaired) electrons. The highest BCUT2D eigenvalue weighted by molar-refractivity contribution is 6.37. The van der Waals surface area contributed by atoms with Crippen molar-refractivity contribution in [1.29, 1.82) is 0 Å². The minimum atomic E-state index is -0.803. The van der Waals surface area contributed by atoms with Gasteiger partial charge in [0.25, 0.3) is 0 Å². The highest BCUT2D eigenvalue weighted by atomic mass is 35.5. The number of anilines is 1. The van der Waals surface area contributed by atoms with Gasteiger partial charge in [0.15, 0.2) is 11.6 Å². The van der Waals surface area contributed by atoms with E-state index < -0.39 is 11.9 Å². The lowest BCUT2D eigenvalue weighted by Crippen LogP contribution is -2.50. The van der Waals surface area contributed by atoms with Crippen LogP contribution >= 0.6 is 23.2 Å². The second-order valence-corrected chi connectivity index (χ2v) is 5.99. The first kappa shape index (κ1) is 16.7. The fourth-order valence-electron chi connectivity index (χ4n) is 1.99. The molecule has 0 saturated heterocycles. The van der Waals surface area contributed by atoms with Crippen LogP contribution in [0, 0.1) is 5.82 Å². The van der Waals surface area contributed by atoms with Crippen LogP contribution in [0.25, 0.3) is 0 Å². The Morgan fingerprint density at radius 1 is 1.45 bits per heavy atom. The zero-order valence-corrected chi connectivity index (χ0v) is 13.8. The normalized spacial score (nSPS) is 18.3. The average Bonchev–Trinajstić information content (AvgIpc) is 2.44. The van der Waals surface area contributed by atoms with Crippen molar-refractivity contribution >= 4 is 34.8 Å². The van der Waals surface area contributed by atoms with Gasteiger partial charge in [-0.25, -0.2) is 4.39 Å². The van der Waals surface area contributed by atoms with Crippen LogP contribution < -0.4 is 15.8 Å². The Morgan fingerprint density at radius 3 is 2.68 bits per heavy atom. The number of nitrogens with one attached hydrogen (secondary N) is 1. The lowest BCUT2D eigenvalue weighted by Gasteiger charge is -2.32. The predicted octanol–water partition coefficient (Wildman–Crippen LogP) is 3.12. The largest absolute Gasteiger partial charge is 0.437 e. The molecule has 120 valence electrons. The number of nitrogen functional groups attached to an aromatic ring is 1. The van der Waals surface area contributed by atoms with Crippen LogP contribution in [0.5, 0.6) is 5.75 Å². The maximum atomic E-state index is 13.8. The number of ether oxygens (including phenoxy) is 1. The molecule has 0 aromatic heterocycles. The Kier molecular flexibility index (Phi) is 4.72. The quantitative estimate of drug-likeness (QED) is 0.651. The number of nitrogens with zero attached hydrogens (tertiary/aromatic N) is 1. The Hall–Kier alpha value is -1.66. The summed E-state index contributed by atoms with van der Waals surface area (Å²) in [5.74, 6) is -0.710. The molecular weight excluding hydrogens is 332 g/mol. The second-order valence-electron chi connectivity index (χ2n) is 5.21. The maximum absolute atomic E-state index is 13.8. The number of rotatable bonds is 3. The van der Waals surface area contributed by atoms with Crippen LogP contribution in [0.3, 0.4) is 0 Å². The summed E-state index contributed by atoms with van der Waals surface area (Å²) in [7, 11) is 0. The number of carbonyl (C=O) groups excluding carboxylic acids is 1. The highest BCUT2D eigenvalue weighted by Gasteiger charge is 2.29. The Balaban J connectivity index is 2.37. The smallest absolute Gasteiger partial charge is 0.249 e. The predicted molar refractivity (Wildman–Crippen MR) is 84.1 cm³/mol. The monoisotopic (exact) mass is 347 g/mol. The van der Waals surface area contributed by atoms with E-state index in [0.717, 1.165) is 0 Å². The molecule has 5 nitrogen and oxygen atoms in total. The maximum Gasteiger partial charge on any atom is 0.249 e. The molecule has 1 heterocycles. The van der Waals surface area contributed by atoms with Crippen LogP contribution in [0.2, 0.25) is 10.0 Å². The minimum absolute atomic E-state index is 0.0512. The summed E-state index contributed by atoms with van der Waals surface area (Å²) in [6.45, 7) is 5.43. The molecule has 1 atom stereocenters. The van der Waals surface area contributed by atoms with E-state index in [1.165, 1.54) is 17.2 Å². The number of hydrogen-bond acceptors (Lipinski definition) is 4. The molecule has 1 aromatic rings. The van der Waals surface area contributed by atoms with Crippen molar-refractivity contribution in [2.45, 2.75) is 32.9 Å². The van der Waals surface area contributed by atoms with Crippen LogP contribution in [0.15, 0.2) is 18.1 Å². The first-order chi connectivity index (χ1) is 10.2. The Bertz CT molecular complexity index is 649. The summed E-state index contributed by atoms with van der Waals surface area (Å²) in [6, 6.07) is 0.680. The van der Waals surface area contributed by atoms with E-state index >= 15 is 0 Å². The third-order valence-corrected chi connectivity index (χ3v) is 3.77. The van der Waals surface area contributed by atoms with Crippen molar-refractivity contribution in [3.63, 3.8) is 0 Å². The van der Waals surface area contributed by atoms with E-state index in [-0.39, 0.29) is 39.3 Å². The molecule has 1 aromatic carbocycles. The molecular formula is C14H16Cl2FN3O2. The molecule has 0 bridgehead atoms. The molecule has 8 heteroatoms. The summed E-state index contributed by atoms with van der Waals surface area (Å²) in [5.41, 5.74) is 5.28. The van der Waals surface area contributed by atoms with Crippen molar-refractivity contribution in [2.75, 3.05) is 5.73 Å². The molecule has 0 fully saturated rings. The molecule has 2 rings (SSSR count). The van der Waals surface area contributed by atoms with Gasteiger partial charge >= 0.3 is 0 Å². The number of nitrogens with two attached hydrogens (primary N) is 1. The molecule has 0 spiro atoms. The average molecular weight is 348 g/mol. The Morgan fingerprint density at radius 2 is 2.09 bits per heavy atom. The van der Waals surface area contributed by atoms with Gasteiger partial charge in [-0.05, 0) is 26.8 Å². The van der Waals surface area contributed by atoms with Crippen LogP contribution in [0.4, 0.5) is 10.1 Å². The van der Waals surface area contributed by atoms with Crippen LogP contribution in [-0.4, -0.2) is 22.9 Å². The molecule has 0 aliphatic carbocycles. The van der Waals surface area contributed by atoms with Gasteiger partial charge in [0, 0.05) is 6.04 Å². The number of hydrogen-bond donors (Lipinski definition) is 2. The van der Waals surface area contributed by atoms with Crippen molar-refractivity contribution < 1.29 is 13.9 Å². The minimum Gasteiger partial charge on any atom is -0.437 e. The van der Waals surface area contributed by atoms with E-state index in [2.05, 4.69) is 5.32 Å². The molecule has 1 aliphatic rings. The van der Waals surface area contributed by atoms with Crippen molar-refractivity contribution in [3.8, 4) is 5.75 Å². The van der Waals surface area contributed by atoms with E-state index in [1.807, 2.05) is 13.8 Å². The van der Waals surface area contributed by atoms with E-state index in [4.69, 9.17) is 33.7 Å². The van der Waals surface area contributed by atoms with E-state index in [1.54, 1.807) is 6.92 Å². The fraction of sp³-hybridized carbons (Fsp3) is 0.357. The van der Waals surface area contributed by atoms with Crippen molar-refractivity contribution in [3.05, 3.63) is 34.0 Å². The first-order valence-corrected chi connectivity index (χ1v) is 7.39. The molecule has 1 unspecified atom stereocenters. The van der Waals surface area contributed by atoms with Gasteiger partial charge in [-0.3, -0.25) is 4.79 Å². The Labute approximate surface area is 137 Å². The third-order valence-electron chi connectivity index (χ3n) is 3.15. The van der Waals surface area contributed by atoms with Crippen molar-refractivity contribution in [2.24, 2.45) is 0 Å². The molecule has 1 aliphatic heterocycles. The summed E-state index contributed by atoms with van der Waals surface area (Å²) in [4.78, 5) is 13.6. The zero-order chi connectivity index (χ0) is 16.6. The second kappa shape index (κ2) is 6.22. The SMILES string of the molecule is CC1NC(Oc2c(Cl)cc(N)c(F)c2Cl)=CN(C(C)C)C1=O. The van der Waals surface area contributed by atoms with Crippen LogP contribution in [0.1, 0.15) is 20.8 Å². The highest BCUT2D eigenvalue weighted by Crippen LogP contribution is 2.39. The van der Waals surface area contributed by atoms with Crippen LogP contribution in [-0.2, 0) is 4.79 Å². The third kappa shape index (κ3) is 3.08.